The van der Waals surface area contributed by atoms with Crippen molar-refractivity contribution >= 4 is 11.7 Å². The molecule has 126 valence electrons. The molecule has 2 heterocycles. The molecule has 2 saturated heterocycles. The van der Waals surface area contributed by atoms with E-state index in [1.807, 2.05) is 31.1 Å². The predicted octanol–water partition coefficient (Wildman–Crippen LogP) is 3.58. The van der Waals surface area contributed by atoms with E-state index in [0.29, 0.717) is 24.0 Å². The molecule has 1 aromatic carbocycles. The van der Waals surface area contributed by atoms with Gasteiger partial charge in [0.25, 0.3) is 0 Å². The van der Waals surface area contributed by atoms with E-state index in [1.54, 1.807) is 4.90 Å². The van der Waals surface area contributed by atoms with Crippen molar-refractivity contribution in [3.8, 4) is 0 Å². The minimum absolute atomic E-state index is 0.0913. The fourth-order valence-electron chi connectivity index (χ4n) is 3.93. The Hall–Kier alpha value is -1.55. The molecule has 2 bridgehead atoms. The number of carbonyl (C=O) groups is 1. The summed E-state index contributed by atoms with van der Waals surface area (Å²) in [6.07, 6.45) is 4.68. The minimum atomic E-state index is 0.0913. The fourth-order valence-corrected chi connectivity index (χ4v) is 3.93. The van der Waals surface area contributed by atoms with Crippen LogP contribution in [-0.4, -0.2) is 43.2 Å². The van der Waals surface area contributed by atoms with Gasteiger partial charge in [0.05, 0.1) is 0 Å². The number of amides is 2. The van der Waals surface area contributed by atoms with E-state index in [-0.39, 0.29) is 6.03 Å². The molecule has 2 atom stereocenters. The molecule has 3 rings (SSSR count). The van der Waals surface area contributed by atoms with Crippen LogP contribution in [0.2, 0.25) is 0 Å². The molecule has 2 amide bonds. The van der Waals surface area contributed by atoms with Crippen molar-refractivity contribution in [2.45, 2.75) is 63.6 Å². The second-order valence-electron chi connectivity index (χ2n) is 7.46. The van der Waals surface area contributed by atoms with Crippen molar-refractivity contribution in [3.63, 3.8) is 0 Å². The Morgan fingerprint density at radius 1 is 1.09 bits per heavy atom. The molecule has 0 aromatic heterocycles. The second-order valence-corrected chi connectivity index (χ2v) is 7.46. The molecular formula is C19H29N3O. The van der Waals surface area contributed by atoms with Gasteiger partial charge < -0.3 is 10.2 Å². The lowest BCUT2D eigenvalue weighted by atomic mass is 9.99. The number of nitrogens with zero attached hydrogens (tertiary/aromatic N) is 2. The highest BCUT2D eigenvalue weighted by molar-refractivity contribution is 5.91. The number of nitrogens with one attached hydrogen (secondary N) is 1. The van der Waals surface area contributed by atoms with Crippen molar-refractivity contribution in [2.24, 2.45) is 0 Å². The molecule has 4 nitrogen and oxygen atoms in total. The van der Waals surface area contributed by atoms with E-state index < -0.39 is 0 Å². The smallest absolute Gasteiger partial charge is 0.324 e. The summed E-state index contributed by atoms with van der Waals surface area (Å²) in [7, 11) is 3.83. The topological polar surface area (TPSA) is 35.6 Å². The summed E-state index contributed by atoms with van der Waals surface area (Å²) in [6, 6.07) is 9.99. The molecule has 2 aliphatic rings. The Morgan fingerprint density at radius 3 is 2.17 bits per heavy atom. The molecule has 2 unspecified atom stereocenters. The number of hydrogen-bond acceptors (Lipinski definition) is 2. The van der Waals surface area contributed by atoms with E-state index in [4.69, 9.17) is 0 Å². The largest absolute Gasteiger partial charge is 0.324 e. The van der Waals surface area contributed by atoms with Gasteiger partial charge in [-0.1, -0.05) is 26.0 Å². The Labute approximate surface area is 139 Å². The van der Waals surface area contributed by atoms with Crippen LogP contribution in [0.3, 0.4) is 0 Å². The SMILES string of the molecule is CC(C)c1ccc(N(C)C(=O)N(C)C2CC3CCC(C2)N3)cc1. The lowest BCUT2D eigenvalue weighted by Crippen LogP contribution is -2.51. The van der Waals surface area contributed by atoms with Crippen LogP contribution in [0.15, 0.2) is 24.3 Å². The quantitative estimate of drug-likeness (QED) is 0.925. The summed E-state index contributed by atoms with van der Waals surface area (Å²) in [5.41, 5.74) is 2.26. The summed E-state index contributed by atoms with van der Waals surface area (Å²) in [5, 5.41) is 3.64. The molecule has 0 spiro atoms. The van der Waals surface area contributed by atoms with Crippen LogP contribution in [0.4, 0.5) is 10.5 Å². The highest BCUT2D eigenvalue weighted by Gasteiger charge is 2.37. The summed E-state index contributed by atoms with van der Waals surface area (Å²) >= 11 is 0. The Balaban J connectivity index is 1.66. The normalized spacial score (nSPS) is 26.4. The average molecular weight is 315 g/mol. The van der Waals surface area contributed by atoms with Crippen LogP contribution in [-0.2, 0) is 0 Å². The molecule has 0 saturated carbocycles. The minimum Gasteiger partial charge on any atom is -0.324 e. The highest BCUT2D eigenvalue weighted by Crippen LogP contribution is 2.30. The van der Waals surface area contributed by atoms with Gasteiger partial charge in [-0.3, -0.25) is 4.90 Å². The van der Waals surface area contributed by atoms with E-state index in [0.717, 1.165) is 18.5 Å². The van der Waals surface area contributed by atoms with Crippen molar-refractivity contribution in [3.05, 3.63) is 29.8 Å². The van der Waals surface area contributed by atoms with Crippen molar-refractivity contribution in [1.29, 1.82) is 0 Å². The zero-order valence-electron chi connectivity index (χ0n) is 14.7. The van der Waals surface area contributed by atoms with Crippen molar-refractivity contribution in [2.75, 3.05) is 19.0 Å². The number of piperidine rings is 1. The molecule has 1 aromatic rings. The molecule has 2 aliphatic heterocycles. The number of rotatable bonds is 3. The predicted molar refractivity (Wildman–Crippen MR) is 95.1 cm³/mol. The van der Waals surface area contributed by atoms with Crippen molar-refractivity contribution < 1.29 is 4.79 Å². The second kappa shape index (κ2) is 6.52. The number of carbonyl (C=O) groups excluding carboxylic acids is 1. The maximum absolute atomic E-state index is 12.8. The third kappa shape index (κ3) is 3.37. The number of urea groups is 1. The number of anilines is 1. The molecule has 0 aliphatic carbocycles. The monoisotopic (exact) mass is 315 g/mol. The first kappa shape index (κ1) is 16.3. The van der Waals surface area contributed by atoms with Gasteiger partial charge in [-0.05, 0) is 49.3 Å². The first-order valence-electron chi connectivity index (χ1n) is 8.82. The van der Waals surface area contributed by atoms with Gasteiger partial charge in [0.1, 0.15) is 0 Å². The summed E-state index contributed by atoms with van der Waals surface area (Å²) in [6.45, 7) is 4.37. The molecule has 23 heavy (non-hydrogen) atoms. The van der Waals surface area contributed by atoms with Crippen LogP contribution >= 0.6 is 0 Å². The van der Waals surface area contributed by atoms with E-state index >= 15 is 0 Å². The van der Waals surface area contributed by atoms with Crippen LogP contribution in [0, 0.1) is 0 Å². The summed E-state index contributed by atoms with van der Waals surface area (Å²) < 4.78 is 0. The first-order chi connectivity index (χ1) is 11.0. The zero-order valence-corrected chi connectivity index (χ0v) is 14.7. The standard InChI is InChI=1S/C19H29N3O/c1-13(2)14-5-9-17(10-6-14)21(3)19(23)22(4)18-11-15-7-8-16(12-18)20-15/h5-6,9-10,13,15-16,18,20H,7-8,11-12H2,1-4H3. The fraction of sp³-hybridized carbons (Fsp3) is 0.632. The van der Waals surface area contributed by atoms with Gasteiger partial charge in [0.15, 0.2) is 0 Å². The van der Waals surface area contributed by atoms with Gasteiger partial charge in [0.2, 0.25) is 0 Å². The molecule has 4 heteroatoms. The van der Waals surface area contributed by atoms with Crippen LogP contribution in [0.25, 0.3) is 0 Å². The molecular weight excluding hydrogens is 286 g/mol. The third-order valence-electron chi connectivity index (χ3n) is 5.53. The number of benzene rings is 1. The Kier molecular flexibility index (Phi) is 4.62. The van der Waals surface area contributed by atoms with Gasteiger partial charge >= 0.3 is 6.03 Å². The number of hydrogen-bond donors (Lipinski definition) is 1. The van der Waals surface area contributed by atoms with Gasteiger partial charge in [-0.15, -0.1) is 0 Å². The first-order valence-corrected chi connectivity index (χ1v) is 8.82. The van der Waals surface area contributed by atoms with E-state index in [9.17, 15) is 4.79 Å². The molecule has 0 radical (unpaired) electrons. The van der Waals surface area contributed by atoms with Crippen LogP contribution in [0.1, 0.15) is 51.0 Å². The average Bonchev–Trinajstić information content (AvgIpc) is 2.90. The van der Waals surface area contributed by atoms with E-state index in [1.165, 1.54) is 18.4 Å². The number of fused-ring (bicyclic) bond motifs is 2. The van der Waals surface area contributed by atoms with Crippen LogP contribution < -0.4 is 10.2 Å². The highest BCUT2D eigenvalue weighted by atomic mass is 16.2. The Morgan fingerprint density at radius 2 is 1.65 bits per heavy atom. The lowest BCUT2D eigenvalue weighted by Gasteiger charge is -2.37. The Bertz CT molecular complexity index is 542. The lowest BCUT2D eigenvalue weighted by molar-refractivity contribution is 0.171. The summed E-state index contributed by atoms with van der Waals surface area (Å²) in [4.78, 5) is 16.5. The van der Waals surface area contributed by atoms with Crippen LogP contribution in [0.5, 0.6) is 0 Å². The molecule has 1 N–H and O–H groups in total. The van der Waals surface area contributed by atoms with E-state index in [2.05, 4.69) is 31.3 Å². The van der Waals surface area contributed by atoms with Crippen molar-refractivity contribution in [1.82, 2.24) is 10.2 Å². The summed E-state index contributed by atoms with van der Waals surface area (Å²) in [5.74, 6) is 0.512. The van der Waals surface area contributed by atoms with Gasteiger partial charge in [-0.2, -0.15) is 0 Å². The van der Waals surface area contributed by atoms with Gasteiger partial charge in [0, 0.05) is 37.9 Å². The molecule has 2 fully saturated rings. The zero-order chi connectivity index (χ0) is 16.6. The maximum Gasteiger partial charge on any atom is 0.324 e. The maximum atomic E-state index is 12.8. The third-order valence-corrected chi connectivity index (χ3v) is 5.53. The van der Waals surface area contributed by atoms with Gasteiger partial charge in [-0.25, -0.2) is 4.79 Å².